The van der Waals surface area contributed by atoms with Crippen molar-refractivity contribution in [2.24, 2.45) is 0 Å². The second-order valence-corrected chi connectivity index (χ2v) is 8.91. The van der Waals surface area contributed by atoms with Crippen LogP contribution in [0.3, 0.4) is 0 Å². The third-order valence-corrected chi connectivity index (χ3v) is 6.66. The van der Waals surface area contributed by atoms with E-state index in [1.807, 2.05) is 79.7 Å². The molecular weight excluding hydrogens is 394 g/mol. The van der Waals surface area contributed by atoms with Gasteiger partial charge in [-0.3, -0.25) is 0 Å². The lowest BCUT2D eigenvalue weighted by Crippen LogP contribution is -2.30. The van der Waals surface area contributed by atoms with Gasteiger partial charge in [-0.05, 0) is 58.7 Å². The molecule has 5 heteroatoms. The van der Waals surface area contributed by atoms with Crippen LogP contribution in [0.25, 0.3) is 10.8 Å². The van der Waals surface area contributed by atoms with Gasteiger partial charge in [-0.2, -0.15) is 4.72 Å². The number of benzene rings is 4. The Kier molecular flexibility index (Phi) is 5.57. The van der Waals surface area contributed by atoms with E-state index in [0.717, 1.165) is 33.2 Å². The van der Waals surface area contributed by atoms with E-state index in [1.165, 1.54) is 0 Å². The fourth-order valence-corrected chi connectivity index (χ4v) is 4.83. The number of ether oxygens (including phenoxy) is 1. The van der Waals surface area contributed by atoms with E-state index in [4.69, 9.17) is 4.74 Å². The van der Waals surface area contributed by atoms with Crippen molar-refractivity contribution in [3.63, 3.8) is 0 Å². The molecule has 0 saturated heterocycles. The number of hydrogen-bond donors (Lipinski definition) is 1. The Balaban J connectivity index is 1.75. The summed E-state index contributed by atoms with van der Waals surface area (Å²) in [6, 6.07) is 27.7. The summed E-state index contributed by atoms with van der Waals surface area (Å²) in [5.74, 6) is 0.736. The normalized spacial score (nSPS) is 12.6. The second-order valence-electron chi connectivity index (χ2n) is 7.20. The zero-order valence-electron chi connectivity index (χ0n) is 16.9. The summed E-state index contributed by atoms with van der Waals surface area (Å²) in [7, 11) is -2.15. The Bertz CT molecular complexity index is 1280. The van der Waals surface area contributed by atoms with E-state index in [0.29, 0.717) is 0 Å². The van der Waals surface area contributed by atoms with E-state index in [1.54, 1.807) is 25.3 Å². The van der Waals surface area contributed by atoms with Crippen LogP contribution in [-0.2, 0) is 10.0 Å². The van der Waals surface area contributed by atoms with E-state index >= 15 is 0 Å². The zero-order chi connectivity index (χ0) is 21.1. The van der Waals surface area contributed by atoms with Crippen LogP contribution in [0.1, 0.15) is 22.7 Å². The van der Waals surface area contributed by atoms with Gasteiger partial charge in [0.05, 0.1) is 18.0 Å². The minimum atomic E-state index is -3.76. The number of fused-ring (bicyclic) bond motifs is 1. The summed E-state index contributed by atoms with van der Waals surface area (Å²) < 4.78 is 34.8. The first kappa shape index (κ1) is 20.1. The first-order chi connectivity index (χ1) is 14.5. The smallest absolute Gasteiger partial charge is 0.241 e. The molecule has 1 atom stereocenters. The molecule has 0 amide bonds. The van der Waals surface area contributed by atoms with E-state index < -0.39 is 16.1 Å². The Morgan fingerprint density at radius 3 is 2.20 bits per heavy atom. The van der Waals surface area contributed by atoms with Gasteiger partial charge in [-0.15, -0.1) is 0 Å². The van der Waals surface area contributed by atoms with Crippen LogP contribution in [0.2, 0.25) is 0 Å². The van der Waals surface area contributed by atoms with Crippen LogP contribution >= 0.6 is 0 Å². The summed E-state index contributed by atoms with van der Waals surface area (Å²) in [5.41, 5.74) is 2.85. The number of hydrogen-bond acceptors (Lipinski definition) is 3. The topological polar surface area (TPSA) is 55.4 Å². The molecule has 4 aromatic rings. The molecule has 4 nitrogen and oxygen atoms in total. The molecule has 152 valence electrons. The van der Waals surface area contributed by atoms with Gasteiger partial charge in [0, 0.05) is 0 Å². The van der Waals surface area contributed by atoms with Crippen molar-refractivity contribution >= 4 is 20.8 Å². The molecule has 4 aromatic carbocycles. The average Bonchev–Trinajstić information content (AvgIpc) is 2.78. The molecule has 0 unspecified atom stereocenters. The van der Waals surface area contributed by atoms with Gasteiger partial charge in [-0.25, -0.2) is 8.42 Å². The van der Waals surface area contributed by atoms with Crippen LogP contribution in [0, 0.1) is 6.92 Å². The molecule has 0 aliphatic heterocycles. The number of aryl methyl sites for hydroxylation is 1. The van der Waals surface area contributed by atoms with Crippen molar-refractivity contribution in [3.05, 3.63) is 108 Å². The summed E-state index contributed by atoms with van der Waals surface area (Å²) >= 11 is 0. The molecule has 0 aliphatic carbocycles. The molecule has 0 spiro atoms. The number of rotatable bonds is 6. The highest BCUT2D eigenvalue weighted by molar-refractivity contribution is 7.89. The lowest BCUT2D eigenvalue weighted by molar-refractivity contribution is 0.415. The highest BCUT2D eigenvalue weighted by Crippen LogP contribution is 2.28. The first-order valence-corrected chi connectivity index (χ1v) is 11.2. The zero-order valence-corrected chi connectivity index (χ0v) is 17.7. The Labute approximate surface area is 177 Å². The Morgan fingerprint density at radius 1 is 0.800 bits per heavy atom. The van der Waals surface area contributed by atoms with Crippen molar-refractivity contribution in [3.8, 4) is 5.75 Å². The van der Waals surface area contributed by atoms with Gasteiger partial charge in [0.15, 0.2) is 0 Å². The van der Waals surface area contributed by atoms with Gasteiger partial charge in [-0.1, -0.05) is 66.7 Å². The van der Waals surface area contributed by atoms with E-state index in [2.05, 4.69) is 4.72 Å². The maximum atomic E-state index is 13.3. The lowest BCUT2D eigenvalue weighted by atomic mass is 9.96. The fraction of sp³-hybridized carbons (Fsp3) is 0.120. The SMILES string of the molecule is COc1ccc2cc(S(=O)(=O)N[C@H](c3ccccc3)c3ccccc3C)ccc2c1. The van der Waals surface area contributed by atoms with Gasteiger partial charge >= 0.3 is 0 Å². The van der Waals surface area contributed by atoms with E-state index in [9.17, 15) is 8.42 Å². The van der Waals surface area contributed by atoms with Crippen molar-refractivity contribution < 1.29 is 13.2 Å². The van der Waals surface area contributed by atoms with Crippen molar-refractivity contribution in [1.29, 1.82) is 0 Å². The molecule has 0 aromatic heterocycles. The molecule has 30 heavy (non-hydrogen) atoms. The predicted octanol–water partition coefficient (Wildman–Crippen LogP) is 5.22. The monoisotopic (exact) mass is 417 g/mol. The summed E-state index contributed by atoms with van der Waals surface area (Å²) in [6.45, 7) is 1.99. The molecule has 1 N–H and O–H groups in total. The third kappa shape index (κ3) is 4.08. The maximum absolute atomic E-state index is 13.3. The maximum Gasteiger partial charge on any atom is 0.241 e. The number of nitrogens with one attached hydrogen (secondary N) is 1. The van der Waals surface area contributed by atoms with Crippen LogP contribution in [0.4, 0.5) is 0 Å². The molecule has 0 heterocycles. The minimum absolute atomic E-state index is 0.231. The molecule has 0 aliphatic rings. The van der Waals surface area contributed by atoms with Crippen LogP contribution in [0.15, 0.2) is 95.9 Å². The molecule has 0 fully saturated rings. The van der Waals surface area contributed by atoms with Crippen LogP contribution in [0.5, 0.6) is 5.75 Å². The van der Waals surface area contributed by atoms with E-state index in [-0.39, 0.29) is 4.90 Å². The third-order valence-electron chi connectivity index (χ3n) is 5.23. The largest absolute Gasteiger partial charge is 0.497 e. The van der Waals surface area contributed by atoms with Crippen LogP contribution < -0.4 is 9.46 Å². The molecular formula is C25H23NO3S. The molecule has 0 saturated carbocycles. The number of sulfonamides is 1. The Hall–Kier alpha value is -3.15. The lowest BCUT2D eigenvalue weighted by Gasteiger charge is -2.22. The number of methoxy groups -OCH3 is 1. The van der Waals surface area contributed by atoms with Crippen molar-refractivity contribution in [2.75, 3.05) is 7.11 Å². The van der Waals surface area contributed by atoms with Gasteiger partial charge in [0.25, 0.3) is 0 Å². The highest BCUT2D eigenvalue weighted by atomic mass is 32.2. The molecule has 0 bridgehead atoms. The van der Waals surface area contributed by atoms with Gasteiger partial charge in [0.1, 0.15) is 5.75 Å². The molecule has 0 radical (unpaired) electrons. The minimum Gasteiger partial charge on any atom is -0.497 e. The highest BCUT2D eigenvalue weighted by Gasteiger charge is 2.24. The second kappa shape index (κ2) is 8.30. The molecule has 4 rings (SSSR count). The standard InChI is InChI=1S/C25H23NO3S/c1-18-8-6-7-11-24(18)25(19-9-4-3-5-10-19)26-30(27,28)23-15-13-20-16-22(29-2)14-12-21(20)17-23/h3-17,25-26H,1-2H3/t25-/m1/s1. The van der Waals surface area contributed by atoms with Gasteiger partial charge < -0.3 is 4.74 Å². The van der Waals surface area contributed by atoms with Crippen molar-refractivity contribution in [2.45, 2.75) is 17.9 Å². The summed E-state index contributed by atoms with van der Waals surface area (Å²) in [4.78, 5) is 0.231. The quantitative estimate of drug-likeness (QED) is 0.468. The average molecular weight is 418 g/mol. The fourth-order valence-electron chi connectivity index (χ4n) is 3.59. The Morgan fingerprint density at radius 2 is 1.47 bits per heavy atom. The van der Waals surface area contributed by atoms with Gasteiger partial charge in [0.2, 0.25) is 10.0 Å². The first-order valence-electron chi connectivity index (χ1n) is 9.68. The van der Waals surface area contributed by atoms with Crippen molar-refractivity contribution in [1.82, 2.24) is 4.72 Å². The predicted molar refractivity (Wildman–Crippen MR) is 120 cm³/mol. The van der Waals surface area contributed by atoms with Crippen LogP contribution in [-0.4, -0.2) is 15.5 Å². The summed E-state index contributed by atoms with van der Waals surface area (Å²) in [6.07, 6.45) is 0. The summed E-state index contributed by atoms with van der Waals surface area (Å²) in [5, 5.41) is 1.76.